The number of nitrogens with zero attached hydrogens (tertiary/aromatic N) is 2. The van der Waals surface area contributed by atoms with Gasteiger partial charge < -0.3 is 4.90 Å². The number of thiophene rings is 1. The van der Waals surface area contributed by atoms with Crippen LogP contribution >= 0.6 is 11.3 Å². The monoisotopic (exact) mass is 393 g/mol. The Morgan fingerprint density at radius 1 is 1.11 bits per heavy atom. The molecule has 5 nitrogen and oxygen atoms in total. The Morgan fingerprint density at radius 3 is 2.44 bits per heavy atom. The van der Waals surface area contributed by atoms with Crippen molar-refractivity contribution in [3.8, 4) is 11.3 Å². The molecule has 3 aromatic rings. The fourth-order valence-corrected chi connectivity index (χ4v) is 3.39. The molecule has 1 N–H and O–H groups in total. The van der Waals surface area contributed by atoms with Crippen molar-refractivity contribution in [3.63, 3.8) is 0 Å². The van der Waals surface area contributed by atoms with Gasteiger partial charge >= 0.3 is 6.18 Å². The number of carbonyl (C=O) groups excluding carboxylic acids is 2. The van der Waals surface area contributed by atoms with Gasteiger partial charge in [-0.2, -0.15) is 18.3 Å². The Hall–Kier alpha value is -2.94. The van der Waals surface area contributed by atoms with Gasteiger partial charge in [-0.25, -0.2) is 0 Å². The van der Waals surface area contributed by atoms with Crippen LogP contribution in [0.5, 0.6) is 0 Å². The molecule has 0 aliphatic heterocycles. The highest BCUT2D eigenvalue weighted by Gasteiger charge is 2.40. The van der Waals surface area contributed by atoms with Crippen LogP contribution in [0, 0.1) is 0 Å². The molecule has 0 spiro atoms. The summed E-state index contributed by atoms with van der Waals surface area (Å²) in [7, 11) is 1.52. The highest BCUT2D eigenvalue weighted by molar-refractivity contribution is 7.16. The number of benzene rings is 1. The van der Waals surface area contributed by atoms with Crippen LogP contribution in [0.2, 0.25) is 0 Å². The van der Waals surface area contributed by atoms with Crippen molar-refractivity contribution >= 4 is 23.0 Å². The topological polar surface area (TPSA) is 66.1 Å². The van der Waals surface area contributed by atoms with Crippen LogP contribution in [-0.4, -0.2) is 40.0 Å². The van der Waals surface area contributed by atoms with E-state index in [1.165, 1.54) is 18.0 Å². The number of Topliss-reactive ketones (excluding diaryl/α,β-unsaturated/α-hetero) is 1. The molecule has 0 bridgehead atoms. The second-order valence-electron chi connectivity index (χ2n) is 5.80. The standard InChI is InChI=1S/C18H14F3N3O2S/c1-24(10-12-9-13(23-22-12)11-5-3-2-4-6-11)17(26)15-8-7-14(27-15)16(25)18(19,20)21/h2-9H,10H2,1H3,(H,22,23). The van der Waals surface area contributed by atoms with E-state index in [-0.39, 0.29) is 11.4 Å². The normalized spacial score (nSPS) is 11.4. The van der Waals surface area contributed by atoms with Crippen LogP contribution < -0.4 is 0 Å². The summed E-state index contributed by atoms with van der Waals surface area (Å²) in [5, 5.41) is 7.04. The van der Waals surface area contributed by atoms with Crippen LogP contribution in [0.25, 0.3) is 11.3 Å². The highest BCUT2D eigenvalue weighted by Crippen LogP contribution is 2.27. The zero-order valence-electron chi connectivity index (χ0n) is 14.1. The van der Waals surface area contributed by atoms with E-state index in [0.717, 1.165) is 17.3 Å². The number of amides is 1. The van der Waals surface area contributed by atoms with Gasteiger partial charge in [-0.1, -0.05) is 30.3 Å². The molecule has 0 aliphatic carbocycles. The van der Waals surface area contributed by atoms with Gasteiger partial charge in [-0.15, -0.1) is 11.3 Å². The van der Waals surface area contributed by atoms with E-state index in [1.54, 1.807) is 6.07 Å². The minimum atomic E-state index is -4.96. The molecule has 3 rings (SSSR count). The van der Waals surface area contributed by atoms with Crippen molar-refractivity contribution in [3.05, 3.63) is 64.0 Å². The number of halogens is 3. The Balaban J connectivity index is 1.69. The molecular weight excluding hydrogens is 379 g/mol. The molecule has 9 heteroatoms. The molecule has 0 unspecified atom stereocenters. The third-order valence-corrected chi connectivity index (χ3v) is 4.82. The van der Waals surface area contributed by atoms with Gasteiger partial charge in [0.15, 0.2) is 0 Å². The third kappa shape index (κ3) is 4.25. The van der Waals surface area contributed by atoms with Crippen molar-refractivity contribution in [1.29, 1.82) is 0 Å². The van der Waals surface area contributed by atoms with Crippen molar-refractivity contribution in [1.82, 2.24) is 15.1 Å². The molecule has 0 aliphatic rings. The minimum Gasteiger partial charge on any atom is -0.335 e. The van der Waals surface area contributed by atoms with E-state index in [1.807, 2.05) is 30.3 Å². The van der Waals surface area contributed by atoms with Crippen LogP contribution in [0.15, 0.2) is 48.5 Å². The van der Waals surface area contributed by atoms with Gasteiger partial charge in [-0.3, -0.25) is 14.7 Å². The molecule has 0 radical (unpaired) electrons. The maximum absolute atomic E-state index is 12.5. The fourth-order valence-electron chi connectivity index (χ4n) is 2.43. The second-order valence-corrected chi connectivity index (χ2v) is 6.88. The first-order valence-electron chi connectivity index (χ1n) is 7.82. The first kappa shape index (κ1) is 18.8. The Kier molecular flexibility index (Phi) is 5.13. The number of ketones is 1. The lowest BCUT2D eigenvalue weighted by atomic mass is 10.1. The smallest absolute Gasteiger partial charge is 0.335 e. The van der Waals surface area contributed by atoms with E-state index in [4.69, 9.17) is 0 Å². The molecular formula is C18H14F3N3O2S. The van der Waals surface area contributed by atoms with Crippen molar-refractivity contribution < 1.29 is 22.8 Å². The highest BCUT2D eigenvalue weighted by atomic mass is 32.1. The average Bonchev–Trinajstić information content (AvgIpc) is 3.30. The third-order valence-electron chi connectivity index (χ3n) is 3.75. The fraction of sp³-hybridized carbons (Fsp3) is 0.167. The number of hydrogen-bond acceptors (Lipinski definition) is 4. The summed E-state index contributed by atoms with van der Waals surface area (Å²) in [6.45, 7) is 0.194. The van der Waals surface area contributed by atoms with Gasteiger partial charge in [0.1, 0.15) is 0 Å². The van der Waals surface area contributed by atoms with E-state index < -0.39 is 22.7 Å². The first-order chi connectivity index (χ1) is 12.8. The lowest BCUT2D eigenvalue weighted by Gasteiger charge is -2.14. The van der Waals surface area contributed by atoms with Crippen LogP contribution in [0.1, 0.15) is 25.0 Å². The van der Waals surface area contributed by atoms with E-state index >= 15 is 0 Å². The van der Waals surface area contributed by atoms with Gasteiger partial charge in [0.2, 0.25) is 0 Å². The number of rotatable bonds is 5. The van der Waals surface area contributed by atoms with Gasteiger partial charge in [0, 0.05) is 12.6 Å². The van der Waals surface area contributed by atoms with E-state index in [2.05, 4.69) is 10.2 Å². The lowest BCUT2D eigenvalue weighted by molar-refractivity contribution is -0.0882. The number of aromatic nitrogens is 2. The zero-order valence-corrected chi connectivity index (χ0v) is 14.9. The summed E-state index contributed by atoms with van der Waals surface area (Å²) in [6, 6.07) is 13.5. The van der Waals surface area contributed by atoms with Crippen LogP contribution in [0.3, 0.4) is 0 Å². The maximum Gasteiger partial charge on any atom is 0.455 e. The SMILES string of the molecule is CN(Cc1cc(-c2ccccc2)n[nH]1)C(=O)c1ccc(C(=O)C(F)(F)F)s1. The van der Waals surface area contributed by atoms with Crippen LogP contribution in [0.4, 0.5) is 13.2 Å². The number of aromatic amines is 1. The van der Waals surface area contributed by atoms with Crippen LogP contribution in [-0.2, 0) is 6.54 Å². The minimum absolute atomic E-state index is 0.0629. The Morgan fingerprint density at radius 2 is 1.78 bits per heavy atom. The van der Waals surface area contributed by atoms with Gasteiger partial charge in [0.05, 0.1) is 27.7 Å². The van der Waals surface area contributed by atoms with Crippen molar-refractivity contribution in [2.24, 2.45) is 0 Å². The number of nitrogens with one attached hydrogen (secondary N) is 1. The lowest BCUT2D eigenvalue weighted by Crippen LogP contribution is -2.25. The molecule has 0 fully saturated rings. The number of H-pyrrole nitrogens is 1. The first-order valence-corrected chi connectivity index (χ1v) is 8.64. The number of hydrogen-bond donors (Lipinski definition) is 1. The maximum atomic E-state index is 12.5. The van der Waals surface area contributed by atoms with Crippen molar-refractivity contribution in [2.45, 2.75) is 12.7 Å². The van der Waals surface area contributed by atoms with E-state index in [9.17, 15) is 22.8 Å². The number of alkyl halides is 3. The molecule has 1 aromatic carbocycles. The summed E-state index contributed by atoms with van der Waals surface area (Å²) < 4.78 is 37.5. The predicted molar refractivity (Wildman–Crippen MR) is 94.5 cm³/mol. The van der Waals surface area contributed by atoms with Gasteiger partial charge in [0.25, 0.3) is 11.7 Å². The molecule has 0 atom stereocenters. The molecule has 2 heterocycles. The molecule has 0 saturated heterocycles. The zero-order chi connectivity index (χ0) is 19.6. The molecule has 1 amide bonds. The van der Waals surface area contributed by atoms with Gasteiger partial charge in [-0.05, 0) is 18.2 Å². The van der Waals surface area contributed by atoms with E-state index in [0.29, 0.717) is 17.0 Å². The molecule has 140 valence electrons. The molecule has 2 aromatic heterocycles. The quantitative estimate of drug-likeness (QED) is 0.662. The Labute approximate surface area is 156 Å². The Bertz CT molecular complexity index is 964. The van der Waals surface area contributed by atoms with Crippen molar-refractivity contribution in [2.75, 3.05) is 7.05 Å². The summed E-state index contributed by atoms with van der Waals surface area (Å²) in [5.41, 5.74) is 2.32. The summed E-state index contributed by atoms with van der Waals surface area (Å²) >= 11 is 0.530. The average molecular weight is 393 g/mol. The molecule has 0 saturated carbocycles. The number of carbonyl (C=O) groups is 2. The predicted octanol–water partition coefficient (Wildman–Crippen LogP) is 4.16. The molecule has 27 heavy (non-hydrogen) atoms. The summed E-state index contributed by atoms with van der Waals surface area (Å²) in [5.74, 6) is -2.42. The largest absolute Gasteiger partial charge is 0.455 e. The summed E-state index contributed by atoms with van der Waals surface area (Å²) in [6.07, 6.45) is -4.96. The second kappa shape index (κ2) is 7.36. The summed E-state index contributed by atoms with van der Waals surface area (Å²) in [4.78, 5) is 24.6.